The Morgan fingerprint density at radius 1 is 1.00 bits per heavy atom. The molecule has 28 heavy (non-hydrogen) atoms. The highest BCUT2D eigenvalue weighted by Crippen LogP contribution is 2.33. The zero-order chi connectivity index (χ0) is 20.1. The van der Waals surface area contributed by atoms with Gasteiger partial charge in [-0.15, -0.1) is 0 Å². The number of halogens is 1. The van der Waals surface area contributed by atoms with Gasteiger partial charge in [0.25, 0.3) is 0 Å². The molecule has 0 spiro atoms. The lowest BCUT2D eigenvalue weighted by Gasteiger charge is -2.43. The highest BCUT2D eigenvalue weighted by atomic mass is 35.5. The molecule has 2 aliphatic rings. The van der Waals surface area contributed by atoms with Gasteiger partial charge in [0.1, 0.15) is 0 Å². The van der Waals surface area contributed by atoms with Crippen molar-refractivity contribution in [3.05, 3.63) is 64.2 Å². The molecule has 2 aromatic rings. The topological polar surface area (TPSA) is 57.7 Å². The number of fused-ring (bicyclic) bond motifs is 1. The Balaban J connectivity index is 1.67. The van der Waals surface area contributed by atoms with Crippen molar-refractivity contribution >= 4 is 33.0 Å². The first-order chi connectivity index (χ1) is 13.2. The summed E-state index contributed by atoms with van der Waals surface area (Å²) >= 11 is 5.96. The van der Waals surface area contributed by atoms with Crippen LogP contribution in [-0.4, -0.2) is 49.4 Å². The van der Waals surface area contributed by atoms with Crippen molar-refractivity contribution in [2.75, 3.05) is 23.0 Å². The van der Waals surface area contributed by atoms with Gasteiger partial charge in [-0.3, -0.25) is 9.69 Å². The largest absolute Gasteiger partial charge is 0.306 e. The van der Waals surface area contributed by atoms with Crippen LogP contribution in [0, 0.1) is 13.8 Å². The lowest BCUT2D eigenvalue weighted by molar-refractivity contribution is -0.123. The fourth-order valence-corrected chi connectivity index (χ4v) is 6.27. The summed E-state index contributed by atoms with van der Waals surface area (Å²) in [6, 6.07) is 12.8. The molecule has 0 radical (unpaired) electrons. The van der Waals surface area contributed by atoms with E-state index >= 15 is 0 Å². The number of benzene rings is 2. The normalized spacial score (nSPS) is 24.4. The van der Waals surface area contributed by atoms with Crippen molar-refractivity contribution < 1.29 is 13.2 Å². The van der Waals surface area contributed by atoms with Gasteiger partial charge in [-0.1, -0.05) is 29.8 Å². The minimum atomic E-state index is -3.20. The minimum Gasteiger partial charge on any atom is -0.306 e. The van der Waals surface area contributed by atoms with Crippen molar-refractivity contribution in [3.63, 3.8) is 0 Å². The third-order valence-electron chi connectivity index (χ3n) is 5.77. The molecule has 2 heterocycles. The van der Waals surface area contributed by atoms with E-state index in [-0.39, 0.29) is 36.0 Å². The van der Waals surface area contributed by atoms with Crippen molar-refractivity contribution in [2.24, 2.45) is 0 Å². The van der Waals surface area contributed by atoms with Crippen molar-refractivity contribution in [2.45, 2.75) is 32.5 Å². The van der Waals surface area contributed by atoms with Gasteiger partial charge < -0.3 is 4.90 Å². The average Bonchev–Trinajstić information content (AvgIpc) is 2.95. The molecule has 148 valence electrons. The van der Waals surface area contributed by atoms with E-state index < -0.39 is 9.84 Å². The molecular weight excluding hydrogens is 396 g/mol. The molecule has 2 fully saturated rings. The average molecular weight is 419 g/mol. The van der Waals surface area contributed by atoms with Crippen molar-refractivity contribution in [3.8, 4) is 0 Å². The van der Waals surface area contributed by atoms with Gasteiger partial charge in [-0.2, -0.15) is 0 Å². The van der Waals surface area contributed by atoms with E-state index in [0.29, 0.717) is 11.6 Å². The first-order valence-electron chi connectivity index (χ1n) is 9.32. The molecule has 2 saturated heterocycles. The van der Waals surface area contributed by atoms with E-state index in [1.54, 1.807) is 4.90 Å². The zero-order valence-electron chi connectivity index (χ0n) is 15.9. The molecule has 7 heteroatoms. The summed E-state index contributed by atoms with van der Waals surface area (Å²) in [6.45, 7) is 4.75. The van der Waals surface area contributed by atoms with Gasteiger partial charge >= 0.3 is 0 Å². The third-order valence-corrected chi connectivity index (χ3v) is 7.72. The standard InChI is InChI=1S/C21H23ClN2O3S/c1-14-3-8-18(9-15(14)2)24-20-13-28(26,27)12-19(20)23(11-21(24)25)10-16-4-6-17(22)7-5-16/h3-9,19-20H,10-13H2,1-2H3/t19-,20+/m0/s1. The van der Waals surface area contributed by atoms with Crippen molar-refractivity contribution in [1.29, 1.82) is 0 Å². The molecule has 0 aromatic heterocycles. The lowest BCUT2D eigenvalue weighted by atomic mass is 10.0. The molecule has 2 aromatic carbocycles. The third kappa shape index (κ3) is 3.69. The van der Waals surface area contributed by atoms with Crippen LogP contribution in [0.2, 0.25) is 5.02 Å². The Bertz CT molecular complexity index is 1020. The van der Waals surface area contributed by atoms with E-state index in [0.717, 1.165) is 22.4 Å². The first kappa shape index (κ1) is 19.4. The van der Waals surface area contributed by atoms with Crippen LogP contribution in [0.15, 0.2) is 42.5 Å². The van der Waals surface area contributed by atoms with E-state index in [1.165, 1.54) is 0 Å². The number of piperazine rings is 1. The fourth-order valence-electron chi connectivity index (χ4n) is 4.17. The van der Waals surface area contributed by atoms with Crippen LogP contribution in [0.4, 0.5) is 5.69 Å². The minimum absolute atomic E-state index is 0.00739. The molecule has 0 aliphatic carbocycles. The summed E-state index contributed by atoms with van der Waals surface area (Å²) in [5, 5.41) is 0.653. The number of nitrogens with zero attached hydrogens (tertiary/aromatic N) is 2. The van der Waals surface area contributed by atoms with E-state index in [1.807, 2.05) is 61.2 Å². The predicted molar refractivity (Wildman–Crippen MR) is 111 cm³/mol. The van der Waals surface area contributed by atoms with E-state index in [4.69, 9.17) is 11.6 Å². The maximum absolute atomic E-state index is 13.1. The zero-order valence-corrected chi connectivity index (χ0v) is 17.5. The fraction of sp³-hybridized carbons (Fsp3) is 0.381. The summed E-state index contributed by atoms with van der Waals surface area (Å²) < 4.78 is 24.9. The van der Waals surface area contributed by atoms with Crippen LogP contribution in [-0.2, 0) is 21.2 Å². The Hall–Kier alpha value is -1.89. The second-order valence-corrected chi connectivity index (χ2v) is 10.4. The Morgan fingerprint density at radius 2 is 1.68 bits per heavy atom. The molecule has 5 nitrogen and oxygen atoms in total. The van der Waals surface area contributed by atoms with Gasteiger partial charge in [-0.05, 0) is 54.8 Å². The highest BCUT2D eigenvalue weighted by molar-refractivity contribution is 7.91. The molecule has 1 amide bonds. The molecule has 0 unspecified atom stereocenters. The van der Waals surface area contributed by atoms with Gasteiger partial charge in [0.05, 0.1) is 24.1 Å². The molecule has 0 bridgehead atoms. The summed E-state index contributed by atoms with van der Waals surface area (Å²) in [7, 11) is -3.20. The SMILES string of the molecule is Cc1ccc(N2C(=O)CN(Cc3ccc(Cl)cc3)[C@H]3CS(=O)(=O)C[C@H]32)cc1C. The van der Waals surface area contributed by atoms with Crippen LogP contribution in [0.25, 0.3) is 0 Å². The van der Waals surface area contributed by atoms with Gasteiger partial charge in [0, 0.05) is 23.3 Å². The van der Waals surface area contributed by atoms with Crippen LogP contribution in [0.1, 0.15) is 16.7 Å². The summed E-state index contributed by atoms with van der Waals surface area (Å²) in [6.07, 6.45) is 0. The van der Waals surface area contributed by atoms with E-state index in [9.17, 15) is 13.2 Å². The number of anilines is 1. The Labute approximate surface area is 170 Å². The molecule has 0 N–H and O–H groups in total. The predicted octanol–water partition coefficient (Wildman–Crippen LogP) is 2.97. The highest BCUT2D eigenvalue weighted by Gasteiger charge is 2.49. The first-order valence-corrected chi connectivity index (χ1v) is 11.5. The number of carbonyl (C=O) groups excluding carboxylic acids is 1. The number of hydrogen-bond donors (Lipinski definition) is 0. The van der Waals surface area contributed by atoms with Crippen LogP contribution < -0.4 is 4.90 Å². The maximum atomic E-state index is 13.1. The number of rotatable bonds is 3. The number of amides is 1. The number of hydrogen-bond acceptors (Lipinski definition) is 4. The van der Waals surface area contributed by atoms with E-state index in [2.05, 4.69) is 0 Å². The number of sulfone groups is 1. The van der Waals surface area contributed by atoms with Crippen LogP contribution in [0.5, 0.6) is 0 Å². The molecule has 0 saturated carbocycles. The summed E-state index contributed by atoms with van der Waals surface area (Å²) in [5.74, 6) is 0.0309. The van der Waals surface area contributed by atoms with Crippen LogP contribution in [0.3, 0.4) is 0 Å². The van der Waals surface area contributed by atoms with Crippen molar-refractivity contribution in [1.82, 2.24) is 4.90 Å². The summed E-state index contributed by atoms with van der Waals surface area (Å²) in [4.78, 5) is 16.8. The number of carbonyl (C=O) groups is 1. The van der Waals surface area contributed by atoms with Gasteiger partial charge in [0.2, 0.25) is 5.91 Å². The Kier molecular flexibility index (Phi) is 4.98. The molecule has 2 atom stereocenters. The monoisotopic (exact) mass is 418 g/mol. The second-order valence-electron chi connectivity index (χ2n) is 7.78. The second kappa shape index (κ2) is 7.17. The van der Waals surface area contributed by atoms with Crippen LogP contribution >= 0.6 is 11.6 Å². The van der Waals surface area contributed by atoms with Gasteiger partial charge in [-0.25, -0.2) is 8.42 Å². The van der Waals surface area contributed by atoms with Gasteiger partial charge in [0.15, 0.2) is 9.84 Å². The number of aryl methyl sites for hydroxylation is 2. The molecule has 4 rings (SSSR count). The quantitative estimate of drug-likeness (QED) is 0.768. The summed E-state index contributed by atoms with van der Waals surface area (Å²) in [5.41, 5.74) is 4.03. The molecular formula is C21H23ClN2O3S. The lowest BCUT2D eigenvalue weighted by Crippen LogP contribution is -2.61. The smallest absolute Gasteiger partial charge is 0.241 e. The maximum Gasteiger partial charge on any atom is 0.241 e. The molecule has 2 aliphatic heterocycles. The Morgan fingerprint density at radius 3 is 2.36 bits per heavy atom.